The van der Waals surface area contributed by atoms with Crippen LogP contribution in [0.2, 0.25) is 0 Å². The van der Waals surface area contributed by atoms with Crippen LogP contribution in [0.5, 0.6) is 0 Å². The van der Waals surface area contributed by atoms with Gasteiger partial charge >= 0.3 is 5.69 Å². The smallest absolute Gasteiger partial charge is 0.330 e. The van der Waals surface area contributed by atoms with E-state index in [1.165, 1.54) is 0 Å². The molecule has 7 nitrogen and oxygen atoms in total. The van der Waals surface area contributed by atoms with Crippen molar-refractivity contribution in [3.8, 4) is 0 Å². The van der Waals surface area contributed by atoms with E-state index in [1.807, 2.05) is 4.98 Å². The van der Waals surface area contributed by atoms with Crippen LogP contribution in [0.1, 0.15) is 12.6 Å². The van der Waals surface area contributed by atoms with Crippen molar-refractivity contribution in [1.82, 2.24) is 14.9 Å². The van der Waals surface area contributed by atoms with Gasteiger partial charge in [-0.1, -0.05) is 0 Å². The third-order valence-electron chi connectivity index (χ3n) is 2.62. The summed E-state index contributed by atoms with van der Waals surface area (Å²) < 4.78 is 19.3. The Balaban J connectivity index is 2.34. The summed E-state index contributed by atoms with van der Waals surface area (Å²) in [6.07, 6.45) is -1.32. The Hall–Kier alpha value is -1.51. The summed E-state index contributed by atoms with van der Waals surface area (Å²) >= 11 is 0. The molecule has 1 aromatic rings. The number of nitrogens with zero attached hydrogens (tertiary/aromatic N) is 1. The minimum absolute atomic E-state index is 0.136. The first-order valence-electron chi connectivity index (χ1n) is 5.04. The lowest BCUT2D eigenvalue weighted by atomic mass is 10.2. The predicted molar refractivity (Wildman–Crippen MR) is 54.9 cm³/mol. The topological polar surface area (TPSA) is 96.4 Å². The van der Waals surface area contributed by atoms with E-state index in [0.717, 1.165) is 10.8 Å². The summed E-state index contributed by atoms with van der Waals surface area (Å²) in [6, 6.07) is 0. The Kier molecular flexibility index (Phi) is 3.09. The average Bonchev–Trinajstić information content (AvgIpc) is 2.65. The van der Waals surface area contributed by atoms with Crippen molar-refractivity contribution in [1.29, 1.82) is 0 Å². The standard InChI is InChI=1S/C9H12FN3O4/c1-11-8-5(14)2-6(17-8)13-3-4(10)7(15)12-9(13)16/h3,5-6,8,11,14H,2H2,1H3,(H,12,15,16)/t5-,6-,8?/m1/s1. The summed E-state index contributed by atoms with van der Waals surface area (Å²) in [5.41, 5.74) is -1.85. The molecule has 2 rings (SSSR count). The van der Waals surface area contributed by atoms with E-state index in [1.54, 1.807) is 7.05 Å². The minimum atomic E-state index is -1.07. The molecule has 2 heterocycles. The van der Waals surface area contributed by atoms with Crippen molar-refractivity contribution >= 4 is 0 Å². The third-order valence-corrected chi connectivity index (χ3v) is 2.62. The van der Waals surface area contributed by atoms with Crippen molar-refractivity contribution in [2.75, 3.05) is 7.05 Å². The van der Waals surface area contributed by atoms with Gasteiger partial charge in [-0.05, 0) is 7.05 Å². The Morgan fingerprint density at radius 3 is 2.94 bits per heavy atom. The maximum Gasteiger partial charge on any atom is 0.330 e. The molecule has 8 heteroatoms. The van der Waals surface area contributed by atoms with E-state index >= 15 is 0 Å². The first-order chi connectivity index (χ1) is 8.02. The molecule has 3 atom stereocenters. The van der Waals surface area contributed by atoms with Crippen LogP contribution in [0.4, 0.5) is 4.39 Å². The van der Waals surface area contributed by atoms with E-state index < -0.39 is 35.6 Å². The number of rotatable bonds is 2. The number of H-pyrrole nitrogens is 1. The molecule has 0 bridgehead atoms. The second-order valence-electron chi connectivity index (χ2n) is 3.75. The highest BCUT2D eigenvalue weighted by Crippen LogP contribution is 2.25. The molecule has 1 aromatic heterocycles. The summed E-state index contributed by atoms with van der Waals surface area (Å²) in [7, 11) is 1.59. The molecule has 1 aliphatic rings. The first kappa shape index (κ1) is 12.0. The second kappa shape index (κ2) is 4.40. The molecule has 94 valence electrons. The number of aliphatic hydroxyl groups excluding tert-OH is 1. The van der Waals surface area contributed by atoms with E-state index in [0.29, 0.717) is 0 Å². The summed E-state index contributed by atoms with van der Waals surface area (Å²) in [6.45, 7) is 0. The van der Waals surface area contributed by atoms with Crippen LogP contribution in [0.15, 0.2) is 15.8 Å². The number of aliphatic hydroxyl groups is 1. The third kappa shape index (κ3) is 2.14. The Bertz CT molecular complexity index is 526. The molecule has 0 radical (unpaired) electrons. The fraction of sp³-hybridized carbons (Fsp3) is 0.556. The molecule has 1 fully saturated rings. The predicted octanol–water partition coefficient (Wildman–Crippen LogP) is -1.50. The number of hydrogen-bond donors (Lipinski definition) is 3. The second-order valence-corrected chi connectivity index (χ2v) is 3.75. The molecule has 1 aliphatic heterocycles. The summed E-state index contributed by atoms with van der Waals surface area (Å²) in [5, 5.41) is 12.3. The quantitative estimate of drug-likeness (QED) is 0.589. The lowest BCUT2D eigenvalue weighted by Gasteiger charge is -2.14. The van der Waals surface area contributed by atoms with Crippen molar-refractivity contribution in [3.63, 3.8) is 0 Å². The van der Waals surface area contributed by atoms with Crippen LogP contribution < -0.4 is 16.6 Å². The molecular formula is C9H12FN3O4. The zero-order valence-corrected chi connectivity index (χ0v) is 9.01. The Morgan fingerprint density at radius 1 is 1.65 bits per heavy atom. The van der Waals surface area contributed by atoms with Crippen LogP contribution in [0.3, 0.4) is 0 Å². The molecule has 0 aromatic carbocycles. The molecule has 0 aliphatic carbocycles. The van der Waals surface area contributed by atoms with E-state index in [-0.39, 0.29) is 6.42 Å². The zero-order valence-electron chi connectivity index (χ0n) is 9.01. The average molecular weight is 245 g/mol. The number of nitrogens with one attached hydrogen (secondary N) is 2. The van der Waals surface area contributed by atoms with Gasteiger partial charge in [-0.3, -0.25) is 19.7 Å². The van der Waals surface area contributed by atoms with Crippen LogP contribution in [0, 0.1) is 5.82 Å². The summed E-state index contributed by atoms with van der Waals surface area (Å²) in [5.74, 6) is -1.07. The highest BCUT2D eigenvalue weighted by molar-refractivity contribution is 4.90. The van der Waals surface area contributed by atoms with Gasteiger partial charge in [0.25, 0.3) is 5.56 Å². The minimum Gasteiger partial charge on any atom is -0.389 e. The number of likely N-dealkylation sites (N-methyl/N-ethyl adjacent to an activating group) is 1. The zero-order chi connectivity index (χ0) is 12.6. The fourth-order valence-electron chi connectivity index (χ4n) is 1.76. The first-order valence-corrected chi connectivity index (χ1v) is 5.04. The van der Waals surface area contributed by atoms with Gasteiger partial charge in [-0.25, -0.2) is 4.79 Å². The highest BCUT2D eigenvalue weighted by Gasteiger charge is 2.34. The Labute approximate surface area is 94.8 Å². The van der Waals surface area contributed by atoms with Gasteiger partial charge in [0.2, 0.25) is 5.82 Å². The summed E-state index contributed by atoms with van der Waals surface area (Å²) in [4.78, 5) is 24.1. The van der Waals surface area contributed by atoms with Crippen LogP contribution in [-0.4, -0.2) is 34.0 Å². The highest BCUT2D eigenvalue weighted by atomic mass is 19.1. The number of aromatic amines is 1. The van der Waals surface area contributed by atoms with Gasteiger partial charge in [0.1, 0.15) is 12.5 Å². The number of hydrogen-bond acceptors (Lipinski definition) is 5. The molecule has 0 spiro atoms. The number of halogens is 1. The molecule has 17 heavy (non-hydrogen) atoms. The fourth-order valence-corrected chi connectivity index (χ4v) is 1.76. The molecular weight excluding hydrogens is 233 g/mol. The molecule has 1 saturated heterocycles. The maximum absolute atomic E-state index is 13.1. The van der Waals surface area contributed by atoms with Crippen molar-refractivity contribution in [3.05, 3.63) is 32.9 Å². The SMILES string of the molecule is CNC1O[C@@H](n2cc(F)c(=O)[nH]c2=O)C[C@H]1O. The molecule has 0 amide bonds. The van der Waals surface area contributed by atoms with Crippen molar-refractivity contribution in [2.24, 2.45) is 0 Å². The van der Waals surface area contributed by atoms with Crippen LogP contribution in [0.25, 0.3) is 0 Å². The van der Waals surface area contributed by atoms with Gasteiger partial charge in [-0.2, -0.15) is 4.39 Å². The Morgan fingerprint density at radius 2 is 2.35 bits per heavy atom. The number of ether oxygens (including phenoxy) is 1. The van der Waals surface area contributed by atoms with Crippen LogP contribution in [-0.2, 0) is 4.74 Å². The molecule has 0 saturated carbocycles. The normalized spacial score (nSPS) is 28.5. The van der Waals surface area contributed by atoms with Gasteiger partial charge < -0.3 is 9.84 Å². The van der Waals surface area contributed by atoms with E-state index in [9.17, 15) is 19.1 Å². The van der Waals surface area contributed by atoms with Gasteiger partial charge in [0, 0.05) is 6.42 Å². The van der Waals surface area contributed by atoms with E-state index in [4.69, 9.17) is 4.74 Å². The monoisotopic (exact) mass is 245 g/mol. The van der Waals surface area contributed by atoms with Crippen molar-refractivity contribution < 1.29 is 14.2 Å². The molecule has 3 N–H and O–H groups in total. The van der Waals surface area contributed by atoms with Gasteiger partial charge in [0.15, 0.2) is 0 Å². The lowest BCUT2D eigenvalue weighted by molar-refractivity contribution is -0.0343. The van der Waals surface area contributed by atoms with Crippen LogP contribution >= 0.6 is 0 Å². The van der Waals surface area contributed by atoms with E-state index in [2.05, 4.69) is 5.32 Å². The largest absolute Gasteiger partial charge is 0.389 e. The molecule has 1 unspecified atom stereocenters. The maximum atomic E-state index is 13.1. The van der Waals surface area contributed by atoms with Gasteiger partial charge in [-0.15, -0.1) is 0 Å². The van der Waals surface area contributed by atoms with Crippen molar-refractivity contribution in [2.45, 2.75) is 25.0 Å². The van der Waals surface area contributed by atoms with Gasteiger partial charge in [0.05, 0.1) is 12.3 Å². The lowest BCUT2D eigenvalue weighted by Crippen LogP contribution is -2.35. The number of aromatic nitrogens is 2.